The number of nitro benzene ring substituents is 1. The van der Waals surface area contributed by atoms with E-state index in [1.54, 1.807) is 6.07 Å². The lowest BCUT2D eigenvalue weighted by atomic mass is 10.1. The van der Waals surface area contributed by atoms with Crippen LogP contribution in [0.2, 0.25) is 0 Å². The first kappa shape index (κ1) is 13.1. The molecule has 0 fully saturated rings. The lowest BCUT2D eigenvalue weighted by molar-refractivity contribution is -0.384. The summed E-state index contributed by atoms with van der Waals surface area (Å²) >= 11 is 0. The Kier molecular flexibility index (Phi) is 3.55. The summed E-state index contributed by atoms with van der Waals surface area (Å²) in [4.78, 5) is 10.7. The van der Waals surface area contributed by atoms with E-state index in [2.05, 4.69) is 5.32 Å². The van der Waals surface area contributed by atoms with Gasteiger partial charge in [-0.2, -0.15) is 0 Å². The molecule has 100 valence electrons. The molecule has 0 aliphatic carbocycles. The van der Waals surface area contributed by atoms with Crippen LogP contribution in [-0.2, 0) is 0 Å². The predicted octanol–water partition coefficient (Wildman–Crippen LogP) is 3.98. The van der Waals surface area contributed by atoms with E-state index in [-0.39, 0.29) is 16.7 Å². The van der Waals surface area contributed by atoms with Crippen molar-refractivity contribution in [3.63, 3.8) is 0 Å². The fraction of sp³-hybridized carbons (Fsp3) is 0.286. The summed E-state index contributed by atoms with van der Waals surface area (Å²) in [6.07, 6.45) is 0. The topological polar surface area (TPSA) is 68.3 Å². The molecular weight excluding hydrogens is 244 g/mol. The molecule has 0 aliphatic rings. The normalized spacial score (nSPS) is 12.2. The third-order valence-electron chi connectivity index (χ3n) is 3.00. The molecule has 5 heteroatoms. The van der Waals surface area contributed by atoms with Gasteiger partial charge in [0.2, 0.25) is 0 Å². The van der Waals surface area contributed by atoms with Crippen LogP contribution in [0.15, 0.2) is 34.7 Å². The van der Waals surface area contributed by atoms with E-state index in [1.807, 2.05) is 39.0 Å². The lowest BCUT2D eigenvalue weighted by Gasteiger charge is -2.15. The van der Waals surface area contributed by atoms with E-state index >= 15 is 0 Å². The Balaban J connectivity index is 2.30. The SMILES string of the molecule is Cc1ccc(C(C)Nc2c(C)cccc2[N+](=O)[O-])o1. The van der Waals surface area contributed by atoms with Crippen LogP contribution in [0.25, 0.3) is 0 Å². The average Bonchev–Trinajstić information content (AvgIpc) is 2.78. The molecule has 2 aromatic rings. The summed E-state index contributed by atoms with van der Waals surface area (Å²) in [6.45, 7) is 5.62. The van der Waals surface area contributed by atoms with Gasteiger partial charge >= 0.3 is 0 Å². The fourth-order valence-electron chi connectivity index (χ4n) is 1.97. The van der Waals surface area contributed by atoms with Crippen LogP contribution in [0, 0.1) is 24.0 Å². The Morgan fingerprint density at radius 1 is 1.26 bits per heavy atom. The van der Waals surface area contributed by atoms with Crippen molar-refractivity contribution in [2.45, 2.75) is 26.8 Å². The highest BCUT2D eigenvalue weighted by atomic mass is 16.6. The molecule has 0 spiro atoms. The molecule has 0 saturated carbocycles. The number of benzene rings is 1. The standard InChI is InChI=1S/C14H16N2O3/c1-9-5-4-6-12(16(17)18)14(9)15-11(3)13-8-7-10(2)19-13/h4-8,11,15H,1-3H3. The first-order valence-electron chi connectivity index (χ1n) is 6.06. The van der Waals surface area contributed by atoms with Crippen LogP contribution in [0.5, 0.6) is 0 Å². The van der Waals surface area contributed by atoms with Crippen molar-refractivity contribution in [2.75, 3.05) is 5.32 Å². The van der Waals surface area contributed by atoms with Crippen molar-refractivity contribution >= 4 is 11.4 Å². The Morgan fingerprint density at radius 3 is 2.58 bits per heavy atom. The van der Waals surface area contributed by atoms with Crippen molar-refractivity contribution in [1.82, 2.24) is 0 Å². The number of furan rings is 1. The van der Waals surface area contributed by atoms with Crippen LogP contribution in [0.1, 0.15) is 30.0 Å². The first-order chi connectivity index (χ1) is 8.99. The van der Waals surface area contributed by atoms with Crippen molar-refractivity contribution in [1.29, 1.82) is 0 Å². The summed E-state index contributed by atoms with van der Waals surface area (Å²) in [5.74, 6) is 1.58. The highest BCUT2D eigenvalue weighted by Crippen LogP contribution is 2.31. The number of nitrogens with one attached hydrogen (secondary N) is 1. The minimum Gasteiger partial charge on any atom is -0.464 e. The summed E-state index contributed by atoms with van der Waals surface area (Å²) < 4.78 is 5.53. The number of rotatable bonds is 4. The van der Waals surface area contributed by atoms with Crippen LogP contribution in [-0.4, -0.2) is 4.92 Å². The van der Waals surface area contributed by atoms with Gasteiger partial charge in [0.05, 0.1) is 11.0 Å². The summed E-state index contributed by atoms with van der Waals surface area (Å²) in [5, 5.41) is 14.2. The van der Waals surface area contributed by atoms with Crippen LogP contribution in [0.3, 0.4) is 0 Å². The summed E-state index contributed by atoms with van der Waals surface area (Å²) in [6, 6.07) is 8.63. The second kappa shape index (κ2) is 5.14. The van der Waals surface area contributed by atoms with Gasteiger partial charge in [0.15, 0.2) is 0 Å². The maximum atomic E-state index is 11.0. The molecule has 0 aliphatic heterocycles. The smallest absolute Gasteiger partial charge is 0.292 e. The highest BCUT2D eigenvalue weighted by Gasteiger charge is 2.18. The molecule has 1 N–H and O–H groups in total. The zero-order valence-electron chi connectivity index (χ0n) is 11.1. The Morgan fingerprint density at radius 2 is 2.00 bits per heavy atom. The van der Waals surface area contributed by atoms with E-state index < -0.39 is 0 Å². The maximum Gasteiger partial charge on any atom is 0.292 e. The van der Waals surface area contributed by atoms with Crippen molar-refractivity contribution in [2.24, 2.45) is 0 Å². The van der Waals surface area contributed by atoms with Crippen molar-refractivity contribution < 1.29 is 9.34 Å². The quantitative estimate of drug-likeness (QED) is 0.667. The molecule has 0 saturated heterocycles. The molecule has 1 aromatic carbocycles. The molecule has 5 nitrogen and oxygen atoms in total. The number of aryl methyl sites for hydroxylation is 2. The lowest BCUT2D eigenvalue weighted by Crippen LogP contribution is -2.08. The van der Waals surface area contributed by atoms with Gasteiger partial charge in [-0.05, 0) is 38.5 Å². The second-order valence-electron chi connectivity index (χ2n) is 4.54. The minimum atomic E-state index is -0.380. The Bertz CT molecular complexity index is 604. The number of hydrogen-bond acceptors (Lipinski definition) is 4. The predicted molar refractivity (Wildman–Crippen MR) is 73.3 cm³/mol. The molecule has 19 heavy (non-hydrogen) atoms. The summed E-state index contributed by atoms with van der Waals surface area (Å²) in [7, 11) is 0. The number of anilines is 1. The second-order valence-corrected chi connectivity index (χ2v) is 4.54. The molecule has 2 rings (SSSR count). The van der Waals surface area contributed by atoms with Gasteiger partial charge in [-0.3, -0.25) is 10.1 Å². The first-order valence-corrected chi connectivity index (χ1v) is 6.06. The van der Waals surface area contributed by atoms with Gasteiger partial charge in [-0.25, -0.2) is 0 Å². The number of nitro groups is 1. The van der Waals surface area contributed by atoms with Gasteiger partial charge < -0.3 is 9.73 Å². The van der Waals surface area contributed by atoms with E-state index in [9.17, 15) is 10.1 Å². The van der Waals surface area contributed by atoms with Gasteiger partial charge in [0, 0.05) is 6.07 Å². The zero-order chi connectivity index (χ0) is 14.0. The maximum absolute atomic E-state index is 11.0. The minimum absolute atomic E-state index is 0.0788. The molecule has 1 heterocycles. The molecule has 0 amide bonds. The molecule has 0 bridgehead atoms. The zero-order valence-corrected chi connectivity index (χ0v) is 11.1. The summed E-state index contributed by atoms with van der Waals surface area (Å²) in [5.41, 5.74) is 1.45. The van der Waals surface area contributed by atoms with Gasteiger partial charge in [-0.1, -0.05) is 12.1 Å². The third-order valence-corrected chi connectivity index (χ3v) is 3.00. The molecule has 1 atom stereocenters. The Labute approximate surface area is 111 Å². The molecular formula is C14H16N2O3. The fourth-order valence-corrected chi connectivity index (χ4v) is 1.97. The van der Waals surface area contributed by atoms with Gasteiger partial charge in [0.1, 0.15) is 17.2 Å². The van der Waals surface area contributed by atoms with Gasteiger partial charge in [0.25, 0.3) is 5.69 Å². The molecule has 0 radical (unpaired) electrons. The van der Waals surface area contributed by atoms with E-state index in [0.717, 1.165) is 17.1 Å². The number of nitrogens with zero attached hydrogens (tertiary/aromatic N) is 1. The number of hydrogen-bond donors (Lipinski definition) is 1. The van der Waals surface area contributed by atoms with Crippen LogP contribution < -0.4 is 5.32 Å². The van der Waals surface area contributed by atoms with E-state index in [0.29, 0.717) is 5.69 Å². The van der Waals surface area contributed by atoms with Crippen molar-refractivity contribution in [3.05, 3.63) is 57.5 Å². The van der Waals surface area contributed by atoms with Gasteiger partial charge in [-0.15, -0.1) is 0 Å². The molecule has 1 aromatic heterocycles. The largest absolute Gasteiger partial charge is 0.464 e. The van der Waals surface area contributed by atoms with E-state index in [1.165, 1.54) is 6.07 Å². The van der Waals surface area contributed by atoms with Crippen LogP contribution in [0.4, 0.5) is 11.4 Å². The molecule has 1 unspecified atom stereocenters. The van der Waals surface area contributed by atoms with Crippen molar-refractivity contribution in [3.8, 4) is 0 Å². The van der Waals surface area contributed by atoms with Crippen LogP contribution >= 0.6 is 0 Å². The highest BCUT2D eigenvalue weighted by molar-refractivity contribution is 5.66. The third kappa shape index (κ3) is 2.76. The Hall–Kier alpha value is -2.30. The monoisotopic (exact) mass is 260 g/mol. The van der Waals surface area contributed by atoms with E-state index in [4.69, 9.17) is 4.42 Å². The number of para-hydroxylation sites is 1. The average molecular weight is 260 g/mol.